The normalized spacial score (nSPS) is 18.1. The lowest BCUT2D eigenvalue weighted by molar-refractivity contribution is -0.135. The van der Waals surface area contributed by atoms with E-state index in [4.69, 9.17) is 4.74 Å². The van der Waals surface area contributed by atoms with Crippen molar-refractivity contribution in [3.63, 3.8) is 0 Å². The van der Waals surface area contributed by atoms with Gasteiger partial charge in [-0.15, -0.1) is 0 Å². The molecule has 3 heteroatoms. The number of rotatable bonds is 4. The van der Waals surface area contributed by atoms with Gasteiger partial charge in [0.15, 0.2) is 0 Å². The van der Waals surface area contributed by atoms with Crippen LogP contribution in [0.3, 0.4) is 0 Å². The van der Waals surface area contributed by atoms with Gasteiger partial charge in [0.25, 0.3) is 0 Å². The number of hydrogen-bond donors (Lipinski definition) is 0. The van der Waals surface area contributed by atoms with Gasteiger partial charge in [0.1, 0.15) is 5.75 Å². The maximum Gasteiger partial charge on any atom is 0.337 e. The number of allylic oxidation sites excluding steroid dienone is 1. The fraction of sp³-hybridized carbons (Fsp3) is 0.267. The number of para-hydroxylation sites is 1. The lowest BCUT2D eigenvalue weighted by atomic mass is 9.97. The van der Waals surface area contributed by atoms with E-state index >= 15 is 0 Å². The van der Waals surface area contributed by atoms with Crippen LogP contribution in [0.15, 0.2) is 54.1 Å². The largest absolute Gasteiger partial charge is 0.493 e. The molecule has 1 aromatic carbocycles. The number of methoxy groups -OCH3 is 1. The van der Waals surface area contributed by atoms with Gasteiger partial charge in [0.2, 0.25) is 0 Å². The van der Waals surface area contributed by atoms with E-state index in [2.05, 4.69) is 4.74 Å². The Bertz CT molecular complexity index is 460. The predicted molar refractivity (Wildman–Crippen MR) is 69.3 cm³/mol. The fourth-order valence-electron chi connectivity index (χ4n) is 1.78. The summed E-state index contributed by atoms with van der Waals surface area (Å²) in [7, 11) is 1.39. The molecule has 0 aliphatic heterocycles. The van der Waals surface area contributed by atoms with Crippen molar-refractivity contribution < 1.29 is 14.3 Å². The Morgan fingerprint density at radius 1 is 1.33 bits per heavy atom. The lowest BCUT2D eigenvalue weighted by Crippen LogP contribution is -2.13. The molecular formula is C15H16O3. The molecule has 0 bridgehead atoms. The van der Waals surface area contributed by atoms with E-state index in [1.54, 1.807) is 6.08 Å². The zero-order chi connectivity index (χ0) is 12.8. The molecule has 1 aromatic rings. The molecule has 0 saturated heterocycles. The van der Waals surface area contributed by atoms with Gasteiger partial charge < -0.3 is 9.47 Å². The first kappa shape index (κ1) is 12.4. The summed E-state index contributed by atoms with van der Waals surface area (Å²) in [6.07, 6.45) is 6.49. The molecule has 0 heterocycles. The average molecular weight is 244 g/mol. The fourth-order valence-corrected chi connectivity index (χ4v) is 1.78. The zero-order valence-corrected chi connectivity index (χ0v) is 10.3. The molecule has 94 valence electrons. The van der Waals surface area contributed by atoms with Crippen molar-refractivity contribution in [2.24, 2.45) is 5.92 Å². The summed E-state index contributed by atoms with van der Waals surface area (Å²) in [6, 6.07) is 9.71. The molecule has 0 fully saturated rings. The van der Waals surface area contributed by atoms with Crippen LogP contribution in [-0.4, -0.2) is 19.7 Å². The highest BCUT2D eigenvalue weighted by Gasteiger charge is 2.14. The van der Waals surface area contributed by atoms with Crippen LogP contribution in [0, 0.1) is 5.92 Å². The Balaban J connectivity index is 1.83. The van der Waals surface area contributed by atoms with Gasteiger partial charge in [-0.05, 0) is 18.6 Å². The van der Waals surface area contributed by atoms with Gasteiger partial charge in [-0.2, -0.15) is 0 Å². The molecule has 0 amide bonds. The molecule has 1 aliphatic rings. The van der Waals surface area contributed by atoms with Crippen molar-refractivity contribution in [3.05, 3.63) is 54.1 Å². The van der Waals surface area contributed by atoms with Crippen LogP contribution in [0.1, 0.15) is 6.42 Å². The number of benzene rings is 1. The molecule has 0 aromatic heterocycles. The Morgan fingerprint density at radius 3 is 2.72 bits per heavy atom. The van der Waals surface area contributed by atoms with Gasteiger partial charge in [-0.1, -0.05) is 36.4 Å². The molecule has 0 spiro atoms. The first-order valence-corrected chi connectivity index (χ1v) is 5.94. The third-order valence-electron chi connectivity index (χ3n) is 2.82. The summed E-state index contributed by atoms with van der Waals surface area (Å²) in [5.41, 5.74) is 0.619. The number of esters is 1. The van der Waals surface area contributed by atoms with E-state index < -0.39 is 0 Å². The molecule has 1 aliphatic carbocycles. The van der Waals surface area contributed by atoms with Crippen LogP contribution in [0.5, 0.6) is 5.75 Å². The second-order valence-electron chi connectivity index (χ2n) is 4.13. The van der Waals surface area contributed by atoms with Gasteiger partial charge in [-0.25, -0.2) is 4.79 Å². The molecular weight excluding hydrogens is 228 g/mol. The molecule has 0 saturated carbocycles. The van der Waals surface area contributed by atoms with Crippen LogP contribution < -0.4 is 4.74 Å². The van der Waals surface area contributed by atoms with Crippen molar-refractivity contribution in [3.8, 4) is 5.75 Å². The molecule has 2 rings (SSSR count). The predicted octanol–water partition coefficient (Wildman–Crippen LogP) is 2.74. The number of carbonyl (C=O) groups is 1. The van der Waals surface area contributed by atoms with Crippen LogP contribution >= 0.6 is 0 Å². The van der Waals surface area contributed by atoms with Crippen molar-refractivity contribution >= 4 is 5.97 Å². The molecule has 0 radical (unpaired) electrons. The Labute approximate surface area is 107 Å². The lowest BCUT2D eigenvalue weighted by Gasteiger charge is -2.16. The summed E-state index contributed by atoms with van der Waals surface area (Å²) in [6.45, 7) is 0.617. The topological polar surface area (TPSA) is 35.5 Å². The third kappa shape index (κ3) is 3.23. The summed E-state index contributed by atoms with van der Waals surface area (Å²) < 4.78 is 10.3. The second-order valence-corrected chi connectivity index (χ2v) is 4.13. The quantitative estimate of drug-likeness (QED) is 0.764. The molecule has 18 heavy (non-hydrogen) atoms. The molecule has 1 unspecified atom stereocenters. The van der Waals surface area contributed by atoms with Crippen molar-refractivity contribution in [1.29, 1.82) is 0 Å². The van der Waals surface area contributed by atoms with E-state index in [1.807, 2.05) is 42.5 Å². The number of carbonyl (C=O) groups excluding carboxylic acids is 1. The molecule has 1 atom stereocenters. The van der Waals surface area contributed by atoms with E-state index in [0.717, 1.165) is 12.2 Å². The minimum Gasteiger partial charge on any atom is -0.493 e. The zero-order valence-electron chi connectivity index (χ0n) is 10.3. The van der Waals surface area contributed by atoms with Crippen LogP contribution in [0.2, 0.25) is 0 Å². The molecule has 0 N–H and O–H groups in total. The Morgan fingerprint density at radius 2 is 2.11 bits per heavy atom. The Hall–Kier alpha value is -2.03. The van der Waals surface area contributed by atoms with E-state index in [1.165, 1.54) is 7.11 Å². The summed E-state index contributed by atoms with van der Waals surface area (Å²) >= 11 is 0. The molecule has 3 nitrogen and oxygen atoms in total. The van der Waals surface area contributed by atoms with Crippen LogP contribution in [-0.2, 0) is 9.53 Å². The second kappa shape index (κ2) is 6.05. The van der Waals surface area contributed by atoms with E-state index in [9.17, 15) is 4.79 Å². The summed E-state index contributed by atoms with van der Waals surface area (Å²) in [5, 5.41) is 0. The highest BCUT2D eigenvalue weighted by Crippen LogP contribution is 2.19. The van der Waals surface area contributed by atoms with Gasteiger partial charge in [-0.3, -0.25) is 0 Å². The third-order valence-corrected chi connectivity index (χ3v) is 2.82. The van der Waals surface area contributed by atoms with Crippen molar-refractivity contribution in [2.45, 2.75) is 6.42 Å². The van der Waals surface area contributed by atoms with Crippen molar-refractivity contribution in [2.75, 3.05) is 13.7 Å². The first-order valence-electron chi connectivity index (χ1n) is 5.94. The monoisotopic (exact) mass is 244 g/mol. The SMILES string of the molecule is COC(=O)C1=CCC(COc2ccccc2)C=C1. The minimum atomic E-state index is -0.284. The van der Waals surface area contributed by atoms with Gasteiger partial charge in [0, 0.05) is 5.92 Å². The maximum absolute atomic E-state index is 11.3. The average Bonchev–Trinajstić information content (AvgIpc) is 2.46. The summed E-state index contributed by atoms with van der Waals surface area (Å²) in [5.74, 6) is 0.890. The summed E-state index contributed by atoms with van der Waals surface area (Å²) in [4.78, 5) is 11.3. The number of ether oxygens (including phenoxy) is 2. The number of hydrogen-bond acceptors (Lipinski definition) is 3. The van der Waals surface area contributed by atoms with Gasteiger partial charge in [0.05, 0.1) is 19.3 Å². The minimum absolute atomic E-state index is 0.284. The van der Waals surface area contributed by atoms with Crippen LogP contribution in [0.4, 0.5) is 0 Å². The highest BCUT2D eigenvalue weighted by molar-refractivity contribution is 5.91. The maximum atomic E-state index is 11.3. The standard InChI is InChI=1S/C15H16O3/c1-17-15(16)13-9-7-12(8-10-13)11-18-14-5-3-2-4-6-14/h2-7,9-10,12H,8,11H2,1H3. The smallest absolute Gasteiger partial charge is 0.337 e. The van der Waals surface area contributed by atoms with E-state index in [0.29, 0.717) is 18.1 Å². The van der Waals surface area contributed by atoms with Crippen LogP contribution in [0.25, 0.3) is 0 Å². The van der Waals surface area contributed by atoms with Crippen molar-refractivity contribution in [1.82, 2.24) is 0 Å². The highest BCUT2D eigenvalue weighted by atomic mass is 16.5. The Kier molecular flexibility index (Phi) is 4.18. The first-order chi connectivity index (χ1) is 8.79. The van der Waals surface area contributed by atoms with E-state index in [-0.39, 0.29) is 5.97 Å². The van der Waals surface area contributed by atoms with Gasteiger partial charge >= 0.3 is 5.97 Å².